The minimum atomic E-state index is -4.13. The van der Waals surface area contributed by atoms with Crippen molar-refractivity contribution in [3.05, 3.63) is 47.5 Å². The van der Waals surface area contributed by atoms with Crippen LogP contribution in [0.1, 0.15) is 118 Å². The molecule has 0 radical (unpaired) electrons. The molecule has 2 amide bonds. The standard InChI is InChI=1S/C28H39NO5S/c1-3-4-5-6-7-8-9-10-11-12-13-14-17-22(2)35(32,33)34-29-27(30)24-20-15-18-23-19-16-21-25(26(23)24)28(29)31/h15-16,18-22H,3-14,17H2,1-2H3. The first-order valence-electron chi connectivity index (χ1n) is 13.2. The number of amides is 2. The second kappa shape index (κ2) is 13.2. The van der Waals surface area contributed by atoms with Crippen LogP contribution in [-0.4, -0.2) is 30.5 Å². The highest BCUT2D eigenvalue weighted by Gasteiger charge is 2.38. The van der Waals surface area contributed by atoms with Crippen LogP contribution in [-0.2, 0) is 14.4 Å². The molecule has 1 aliphatic rings. The summed E-state index contributed by atoms with van der Waals surface area (Å²) in [5.41, 5.74) is 0.531. The van der Waals surface area contributed by atoms with E-state index in [0.29, 0.717) is 16.9 Å². The van der Waals surface area contributed by atoms with Gasteiger partial charge < -0.3 is 0 Å². The molecule has 0 bridgehead atoms. The molecule has 35 heavy (non-hydrogen) atoms. The minimum Gasteiger partial charge on any atom is -0.266 e. The Bertz CT molecular complexity index is 1060. The van der Waals surface area contributed by atoms with E-state index in [1.807, 2.05) is 12.1 Å². The molecule has 0 N–H and O–H groups in total. The summed E-state index contributed by atoms with van der Waals surface area (Å²) in [5, 5.41) is 0.890. The third-order valence-electron chi connectivity index (χ3n) is 6.87. The van der Waals surface area contributed by atoms with Gasteiger partial charge in [0.25, 0.3) is 21.9 Å². The van der Waals surface area contributed by atoms with Gasteiger partial charge in [-0.2, -0.15) is 8.42 Å². The number of carbonyl (C=O) groups excluding carboxylic acids is 2. The van der Waals surface area contributed by atoms with Gasteiger partial charge in [-0.1, -0.05) is 108 Å². The first-order valence-corrected chi connectivity index (χ1v) is 14.7. The van der Waals surface area contributed by atoms with Crippen LogP contribution in [0, 0.1) is 0 Å². The van der Waals surface area contributed by atoms with E-state index in [1.54, 1.807) is 31.2 Å². The molecule has 0 saturated carbocycles. The van der Waals surface area contributed by atoms with Crippen molar-refractivity contribution in [1.82, 2.24) is 5.06 Å². The molecule has 7 heteroatoms. The lowest BCUT2D eigenvalue weighted by atomic mass is 9.95. The largest absolute Gasteiger partial charge is 0.291 e. The summed E-state index contributed by atoms with van der Waals surface area (Å²) in [6, 6.07) is 10.2. The van der Waals surface area contributed by atoms with Crippen LogP contribution < -0.4 is 0 Å². The van der Waals surface area contributed by atoms with Gasteiger partial charge in [0, 0.05) is 5.39 Å². The number of nitrogens with zero attached hydrogens (tertiary/aromatic N) is 1. The molecule has 1 unspecified atom stereocenters. The van der Waals surface area contributed by atoms with Gasteiger partial charge in [0.2, 0.25) is 0 Å². The molecule has 0 aromatic heterocycles. The van der Waals surface area contributed by atoms with Gasteiger partial charge in [0.05, 0.1) is 16.4 Å². The molecule has 6 nitrogen and oxygen atoms in total. The number of carbonyl (C=O) groups is 2. The van der Waals surface area contributed by atoms with Crippen molar-refractivity contribution in [2.75, 3.05) is 0 Å². The molecule has 0 fully saturated rings. The molecule has 2 aromatic rings. The van der Waals surface area contributed by atoms with Crippen LogP contribution in [0.4, 0.5) is 0 Å². The van der Waals surface area contributed by atoms with Gasteiger partial charge in [-0.15, -0.1) is 9.35 Å². The van der Waals surface area contributed by atoms with E-state index < -0.39 is 27.2 Å². The van der Waals surface area contributed by atoms with Crippen LogP contribution in [0.3, 0.4) is 0 Å². The Morgan fingerprint density at radius 1 is 0.743 bits per heavy atom. The number of rotatable bonds is 16. The highest BCUT2D eigenvalue weighted by Crippen LogP contribution is 2.31. The molecule has 1 aliphatic heterocycles. The SMILES string of the molecule is CCCCCCCCCCCCCCC(C)S(=O)(=O)ON1C(=O)c2cccc3cccc(c23)C1=O. The zero-order valence-electron chi connectivity index (χ0n) is 21.1. The van der Waals surface area contributed by atoms with Crippen LogP contribution in [0.25, 0.3) is 10.8 Å². The quantitative estimate of drug-likeness (QED) is 0.180. The highest BCUT2D eigenvalue weighted by atomic mass is 32.2. The molecule has 0 saturated heterocycles. The zero-order chi connectivity index (χ0) is 25.3. The zero-order valence-corrected chi connectivity index (χ0v) is 21.9. The van der Waals surface area contributed by atoms with E-state index in [2.05, 4.69) is 6.92 Å². The van der Waals surface area contributed by atoms with Gasteiger partial charge in [-0.3, -0.25) is 9.59 Å². The summed E-state index contributed by atoms with van der Waals surface area (Å²) in [6.07, 6.45) is 14.9. The Balaban J connectivity index is 1.42. The molecule has 0 spiro atoms. The van der Waals surface area contributed by atoms with Crippen molar-refractivity contribution in [3.63, 3.8) is 0 Å². The lowest BCUT2D eigenvalue weighted by molar-refractivity contribution is -0.0161. The fourth-order valence-electron chi connectivity index (χ4n) is 4.67. The Kier molecular flexibility index (Phi) is 10.3. The third-order valence-corrected chi connectivity index (χ3v) is 8.45. The Labute approximate surface area is 210 Å². The number of hydroxylamine groups is 2. The van der Waals surface area contributed by atoms with E-state index in [1.165, 1.54) is 57.8 Å². The number of unbranched alkanes of at least 4 members (excludes halogenated alkanes) is 11. The molecule has 0 aliphatic carbocycles. The Morgan fingerprint density at radius 3 is 1.69 bits per heavy atom. The van der Waals surface area contributed by atoms with Gasteiger partial charge in [-0.05, 0) is 30.9 Å². The van der Waals surface area contributed by atoms with Gasteiger partial charge in [0.1, 0.15) is 0 Å². The second-order valence-corrected chi connectivity index (χ2v) is 11.6. The maximum atomic E-state index is 12.9. The van der Waals surface area contributed by atoms with Gasteiger partial charge >= 0.3 is 0 Å². The summed E-state index contributed by atoms with van der Waals surface area (Å²) in [5.74, 6) is -1.50. The predicted octanol–water partition coefficient (Wildman–Crippen LogP) is 7.18. The molecule has 3 rings (SSSR count). The topological polar surface area (TPSA) is 80.8 Å². The van der Waals surface area contributed by atoms with Crippen molar-refractivity contribution in [2.45, 2.75) is 103 Å². The van der Waals surface area contributed by atoms with Crippen molar-refractivity contribution in [3.8, 4) is 0 Å². The second-order valence-electron chi connectivity index (χ2n) is 9.67. The third kappa shape index (κ3) is 7.14. The Morgan fingerprint density at radius 2 is 1.20 bits per heavy atom. The fourth-order valence-corrected chi connectivity index (χ4v) is 5.62. The van der Waals surface area contributed by atoms with E-state index in [0.717, 1.165) is 24.6 Å². The van der Waals surface area contributed by atoms with Crippen molar-refractivity contribution in [1.29, 1.82) is 0 Å². The van der Waals surface area contributed by atoms with Gasteiger partial charge in [0.15, 0.2) is 0 Å². The molecular weight excluding hydrogens is 462 g/mol. The molecular formula is C28H39NO5S. The van der Waals surface area contributed by atoms with Crippen molar-refractivity contribution < 1.29 is 22.3 Å². The summed E-state index contributed by atoms with van der Waals surface area (Å²) in [4.78, 5) is 25.8. The van der Waals surface area contributed by atoms with Crippen LogP contribution >= 0.6 is 0 Å². The Hall–Kier alpha value is -2.25. The normalized spacial score (nSPS) is 14.6. The van der Waals surface area contributed by atoms with Crippen molar-refractivity contribution >= 4 is 32.7 Å². The van der Waals surface area contributed by atoms with E-state index >= 15 is 0 Å². The summed E-state index contributed by atoms with van der Waals surface area (Å²) in [6.45, 7) is 3.81. The summed E-state index contributed by atoms with van der Waals surface area (Å²) in [7, 11) is -4.13. The summed E-state index contributed by atoms with van der Waals surface area (Å²) >= 11 is 0. The number of hydrogen-bond donors (Lipinski definition) is 0. The maximum absolute atomic E-state index is 12.9. The van der Waals surface area contributed by atoms with Crippen LogP contribution in [0.5, 0.6) is 0 Å². The van der Waals surface area contributed by atoms with Gasteiger partial charge in [-0.25, -0.2) is 0 Å². The first kappa shape index (κ1) is 27.3. The number of imide groups is 1. The summed E-state index contributed by atoms with van der Waals surface area (Å²) < 4.78 is 30.7. The number of hydrogen-bond acceptors (Lipinski definition) is 5. The average Bonchev–Trinajstić information content (AvgIpc) is 2.85. The fraction of sp³-hybridized carbons (Fsp3) is 0.571. The first-order chi connectivity index (χ1) is 16.9. The lowest BCUT2D eigenvalue weighted by Crippen LogP contribution is -2.43. The smallest absolute Gasteiger partial charge is 0.266 e. The molecule has 1 atom stereocenters. The lowest BCUT2D eigenvalue weighted by Gasteiger charge is -2.26. The van der Waals surface area contributed by atoms with E-state index in [9.17, 15) is 18.0 Å². The van der Waals surface area contributed by atoms with Crippen molar-refractivity contribution in [2.24, 2.45) is 0 Å². The molecule has 2 aromatic carbocycles. The maximum Gasteiger partial charge on any atom is 0.291 e. The highest BCUT2D eigenvalue weighted by molar-refractivity contribution is 7.87. The number of benzene rings is 2. The monoisotopic (exact) mass is 501 g/mol. The average molecular weight is 502 g/mol. The van der Waals surface area contributed by atoms with E-state index in [4.69, 9.17) is 4.28 Å². The van der Waals surface area contributed by atoms with E-state index in [-0.39, 0.29) is 11.1 Å². The molecule has 192 valence electrons. The van der Waals surface area contributed by atoms with Crippen LogP contribution in [0.2, 0.25) is 0 Å². The van der Waals surface area contributed by atoms with Crippen LogP contribution in [0.15, 0.2) is 36.4 Å². The predicted molar refractivity (Wildman–Crippen MR) is 140 cm³/mol. The molecule has 1 heterocycles. The minimum absolute atomic E-state index is 0.265.